The lowest BCUT2D eigenvalue weighted by molar-refractivity contribution is -0.120. The highest BCUT2D eigenvalue weighted by molar-refractivity contribution is 7.91. The highest BCUT2D eigenvalue weighted by atomic mass is 32.2. The van der Waals surface area contributed by atoms with Crippen molar-refractivity contribution >= 4 is 53.4 Å². The van der Waals surface area contributed by atoms with Crippen LogP contribution in [0.3, 0.4) is 0 Å². The molecule has 220 valence electrons. The van der Waals surface area contributed by atoms with E-state index in [-0.39, 0.29) is 29.1 Å². The highest BCUT2D eigenvalue weighted by Crippen LogP contribution is 2.36. The second kappa shape index (κ2) is 10.8. The number of carbonyl (C=O) groups excluding carboxylic acids is 2. The Morgan fingerprint density at radius 3 is 2.50 bits per heavy atom. The molecule has 2 N–H and O–H groups in total. The minimum atomic E-state index is -3.95. The van der Waals surface area contributed by atoms with Crippen molar-refractivity contribution < 1.29 is 35.6 Å². The number of hydrogen-bond donors (Lipinski definition) is 2. The van der Waals surface area contributed by atoms with E-state index in [4.69, 9.17) is 9.15 Å². The molecule has 14 nitrogen and oxygen atoms in total. The minimum Gasteiger partial charge on any atom is -0.423 e. The van der Waals surface area contributed by atoms with Gasteiger partial charge in [-0.05, 0) is 35.4 Å². The molecule has 2 fully saturated rings. The number of rotatable bonds is 7. The second-order valence-corrected chi connectivity index (χ2v) is 14.4. The SMILES string of the molecule is CS(=O)(=O)C(c1nnc(C[C@H]2NS(=O)(=O)NC2=O)o1)c1nc2ccc(-c3ccc(C(=O)N4CCOCC4)cc3)cc2s1. The van der Waals surface area contributed by atoms with Gasteiger partial charge in [0.15, 0.2) is 15.1 Å². The average Bonchev–Trinajstić information content (AvgIpc) is 3.64. The lowest BCUT2D eigenvalue weighted by atomic mass is 10.0. The first-order valence-corrected chi connectivity index (χ1v) is 17.0. The molecule has 0 spiro atoms. The monoisotopic (exact) mass is 632 g/mol. The average molecular weight is 633 g/mol. The maximum absolute atomic E-state index is 12.8. The zero-order chi connectivity index (χ0) is 29.6. The summed E-state index contributed by atoms with van der Waals surface area (Å²) in [6, 6.07) is 11.7. The van der Waals surface area contributed by atoms with E-state index in [9.17, 15) is 26.4 Å². The summed E-state index contributed by atoms with van der Waals surface area (Å²) in [5, 5.41) is 6.56. The van der Waals surface area contributed by atoms with Crippen molar-refractivity contribution in [2.45, 2.75) is 17.7 Å². The fourth-order valence-corrected chi connectivity index (χ4v) is 8.26. The number of sulfone groups is 1. The third-order valence-corrected chi connectivity index (χ3v) is 10.3. The number of aromatic nitrogens is 3. The summed E-state index contributed by atoms with van der Waals surface area (Å²) in [6.45, 7) is 2.17. The van der Waals surface area contributed by atoms with Gasteiger partial charge in [0.1, 0.15) is 11.0 Å². The van der Waals surface area contributed by atoms with Gasteiger partial charge < -0.3 is 14.1 Å². The topological polar surface area (TPSA) is 191 Å². The van der Waals surface area contributed by atoms with Crippen LogP contribution in [0.4, 0.5) is 0 Å². The Kier molecular flexibility index (Phi) is 7.30. The Morgan fingerprint density at radius 2 is 1.83 bits per heavy atom. The van der Waals surface area contributed by atoms with Crippen LogP contribution in [0.5, 0.6) is 0 Å². The zero-order valence-corrected chi connectivity index (χ0v) is 24.5. The van der Waals surface area contributed by atoms with Crippen molar-refractivity contribution in [3.63, 3.8) is 0 Å². The van der Waals surface area contributed by atoms with Crippen LogP contribution in [0.25, 0.3) is 21.3 Å². The fourth-order valence-electron chi connectivity index (χ4n) is 4.70. The van der Waals surface area contributed by atoms with Gasteiger partial charge in [0.25, 0.3) is 11.8 Å². The molecule has 4 aromatic rings. The third-order valence-electron chi connectivity index (χ3n) is 6.76. The molecular formula is C25H24N6O8S3. The molecule has 2 amide bonds. The van der Waals surface area contributed by atoms with Crippen molar-refractivity contribution in [2.24, 2.45) is 0 Å². The predicted octanol–water partition coefficient (Wildman–Crippen LogP) is 0.828. The maximum Gasteiger partial charge on any atom is 0.302 e. The van der Waals surface area contributed by atoms with Crippen LogP contribution in [0, 0.1) is 0 Å². The summed E-state index contributed by atoms with van der Waals surface area (Å²) in [5.74, 6) is -1.18. The van der Waals surface area contributed by atoms with Gasteiger partial charge in [-0.1, -0.05) is 18.2 Å². The molecule has 2 aromatic heterocycles. The molecule has 17 heteroatoms. The number of benzene rings is 2. The van der Waals surface area contributed by atoms with Crippen molar-refractivity contribution in [3.8, 4) is 11.1 Å². The largest absolute Gasteiger partial charge is 0.423 e. The normalized spacial score (nSPS) is 19.6. The van der Waals surface area contributed by atoms with Crippen LogP contribution in [0.15, 0.2) is 46.9 Å². The lowest BCUT2D eigenvalue weighted by Gasteiger charge is -2.26. The van der Waals surface area contributed by atoms with Crippen LogP contribution in [-0.4, -0.2) is 87.3 Å². The van der Waals surface area contributed by atoms with Gasteiger partial charge in [-0.3, -0.25) is 9.59 Å². The first-order valence-electron chi connectivity index (χ1n) is 12.7. The van der Waals surface area contributed by atoms with Gasteiger partial charge in [0.05, 0.1) is 29.9 Å². The van der Waals surface area contributed by atoms with E-state index in [0.29, 0.717) is 37.4 Å². The molecular weight excluding hydrogens is 609 g/mol. The standard InChI is InChI=1S/C25H24N6O8S3/c1-41(34,35)21(23-28-27-20(39-23)13-18-22(32)30-42(36,37)29-18)24-26-17-7-6-16(12-19(17)40-24)14-2-4-15(5-3-14)25(33)31-8-10-38-11-9-31/h2-7,12,18,21,29H,8-11,13H2,1H3,(H,30,32)/t18-,21?/m1/s1. The number of fused-ring (bicyclic) bond motifs is 1. The van der Waals surface area contributed by atoms with Crippen molar-refractivity contribution in [3.05, 3.63) is 64.8 Å². The maximum atomic E-state index is 12.8. The minimum absolute atomic E-state index is 0.0452. The van der Waals surface area contributed by atoms with Crippen LogP contribution in [0.2, 0.25) is 0 Å². The highest BCUT2D eigenvalue weighted by Gasteiger charge is 2.37. The van der Waals surface area contributed by atoms with Gasteiger partial charge >= 0.3 is 10.2 Å². The Labute approximate surface area is 244 Å². The van der Waals surface area contributed by atoms with Gasteiger partial charge in [-0.2, -0.15) is 13.1 Å². The van der Waals surface area contributed by atoms with Crippen LogP contribution in [-0.2, 0) is 36.0 Å². The van der Waals surface area contributed by atoms with Crippen molar-refractivity contribution in [2.75, 3.05) is 32.6 Å². The molecule has 42 heavy (non-hydrogen) atoms. The summed E-state index contributed by atoms with van der Waals surface area (Å²) < 4.78 is 64.3. The number of amides is 2. The lowest BCUT2D eigenvalue weighted by Crippen LogP contribution is -2.40. The van der Waals surface area contributed by atoms with E-state index in [1.807, 2.05) is 24.3 Å². The molecule has 2 atom stereocenters. The summed E-state index contributed by atoms with van der Waals surface area (Å²) in [5.41, 5.74) is 2.89. The van der Waals surface area contributed by atoms with Crippen LogP contribution in [0.1, 0.15) is 32.4 Å². The van der Waals surface area contributed by atoms with Crippen molar-refractivity contribution in [1.82, 2.24) is 29.5 Å². The van der Waals surface area contributed by atoms with E-state index >= 15 is 0 Å². The Hall–Kier alpha value is -3.77. The summed E-state index contributed by atoms with van der Waals surface area (Å²) >= 11 is 1.16. The van der Waals surface area contributed by atoms with Crippen molar-refractivity contribution in [1.29, 1.82) is 0 Å². The first-order chi connectivity index (χ1) is 20.0. The van der Waals surface area contributed by atoms with Gasteiger partial charge in [-0.15, -0.1) is 21.5 Å². The molecule has 0 aliphatic carbocycles. The summed E-state index contributed by atoms with van der Waals surface area (Å²) in [7, 11) is -7.78. The van der Waals surface area contributed by atoms with Crippen LogP contribution >= 0.6 is 11.3 Å². The van der Waals surface area contributed by atoms with Crippen LogP contribution < -0.4 is 9.44 Å². The zero-order valence-electron chi connectivity index (χ0n) is 22.0. The summed E-state index contributed by atoms with van der Waals surface area (Å²) in [4.78, 5) is 30.9. The second-order valence-electron chi connectivity index (χ2n) is 9.80. The Bertz CT molecular complexity index is 1900. The molecule has 1 unspecified atom stereocenters. The molecule has 0 bridgehead atoms. The first kappa shape index (κ1) is 28.4. The molecule has 0 saturated carbocycles. The van der Waals surface area contributed by atoms with Gasteiger partial charge in [-0.25, -0.2) is 18.1 Å². The smallest absolute Gasteiger partial charge is 0.302 e. The number of hydrogen-bond acceptors (Lipinski definition) is 12. The number of nitrogens with one attached hydrogen (secondary N) is 2. The summed E-state index contributed by atoms with van der Waals surface area (Å²) in [6.07, 6.45) is 0.770. The molecule has 0 radical (unpaired) electrons. The van der Waals surface area contributed by atoms with Gasteiger partial charge in [0.2, 0.25) is 11.8 Å². The van der Waals surface area contributed by atoms with E-state index in [0.717, 1.165) is 33.4 Å². The number of morpholine rings is 1. The van der Waals surface area contributed by atoms with E-state index in [1.165, 1.54) is 0 Å². The Morgan fingerprint density at radius 1 is 1.12 bits per heavy atom. The molecule has 2 aromatic carbocycles. The molecule has 2 aliphatic heterocycles. The number of nitrogens with zero attached hydrogens (tertiary/aromatic N) is 4. The fraction of sp³-hybridized carbons (Fsp3) is 0.320. The molecule has 2 saturated heterocycles. The predicted molar refractivity (Wildman–Crippen MR) is 150 cm³/mol. The Balaban J connectivity index is 1.24. The van der Waals surface area contributed by atoms with Gasteiger partial charge in [0, 0.05) is 24.9 Å². The quantitative estimate of drug-likeness (QED) is 0.293. The molecule has 4 heterocycles. The van der Waals surface area contributed by atoms with E-state index < -0.39 is 37.2 Å². The number of carbonyl (C=O) groups is 2. The third kappa shape index (κ3) is 5.78. The van der Waals surface area contributed by atoms with E-state index in [2.05, 4.69) is 19.9 Å². The molecule has 6 rings (SSSR count). The van der Waals surface area contributed by atoms with E-state index in [1.54, 1.807) is 27.8 Å². The molecule has 2 aliphatic rings. The number of ether oxygens (including phenoxy) is 1. The number of thiazole rings is 1.